The van der Waals surface area contributed by atoms with Gasteiger partial charge in [-0.05, 0) is 25.8 Å². The lowest BCUT2D eigenvalue weighted by Gasteiger charge is -2.19. The van der Waals surface area contributed by atoms with E-state index in [1.165, 1.54) is 11.3 Å². The third kappa shape index (κ3) is 3.02. The van der Waals surface area contributed by atoms with Crippen LogP contribution in [0.3, 0.4) is 0 Å². The standard InChI is InChI=1S/C10H17N3O2S2/c11-6-3-5-9-12-13-10(16-9)8-4-1-2-7-17(8,14)15/h8H,1-7,11H2. The van der Waals surface area contributed by atoms with Gasteiger partial charge in [0.1, 0.15) is 15.3 Å². The second kappa shape index (κ2) is 5.41. The summed E-state index contributed by atoms with van der Waals surface area (Å²) >= 11 is 1.42. The smallest absolute Gasteiger partial charge is 0.159 e. The average Bonchev–Trinajstić information content (AvgIpc) is 2.74. The van der Waals surface area contributed by atoms with Gasteiger partial charge < -0.3 is 5.73 Å². The van der Waals surface area contributed by atoms with Gasteiger partial charge in [0.25, 0.3) is 0 Å². The Morgan fingerprint density at radius 1 is 1.35 bits per heavy atom. The maximum Gasteiger partial charge on any atom is 0.159 e. The van der Waals surface area contributed by atoms with E-state index in [-0.39, 0.29) is 5.75 Å². The highest BCUT2D eigenvalue weighted by atomic mass is 32.2. The lowest BCUT2D eigenvalue weighted by molar-refractivity contribution is 0.544. The lowest BCUT2D eigenvalue weighted by Crippen LogP contribution is -2.21. The predicted molar refractivity (Wildman–Crippen MR) is 67.7 cm³/mol. The first-order valence-corrected chi connectivity index (χ1v) is 8.40. The molecule has 1 aromatic heterocycles. The molecule has 1 fully saturated rings. The van der Waals surface area contributed by atoms with E-state index in [0.717, 1.165) is 30.7 Å². The summed E-state index contributed by atoms with van der Waals surface area (Å²) in [5.41, 5.74) is 5.43. The van der Waals surface area contributed by atoms with Crippen LogP contribution in [0.5, 0.6) is 0 Å². The molecule has 0 radical (unpaired) electrons. The molecule has 1 aliphatic rings. The van der Waals surface area contributed by atoms with E-state index >= 15 is 0 Å². The van der Waals surface area contributed by atoms with Crippen molar-refractivity contribution in [2.75, 3.05) is 12.3 Å². The van der Waals surface area contributed by atoms with Crippen molar-refractivity contribution in [2.45, 2.75) is 37.4 Å². The van der Waals surface area contributed by atoms with Crippen molar-refractivity contribution in [2.24, 2.45) is 5.73 Å². The largest absolute Gasteiger partial charge is 0.330 e. The lowest BCUT2D eigenvalue weighted by atomic mass is 10.2. The first kappa shape index (κ1) is 12.9. The van der Waals surface area contributed by atoms with Gasteiger partial charge >= 0.3 is 0 Å². The minimum atomic E-state index is -3.00. The van der Waals surface area contributed by atoms with Crippen molar-refractivity contribution >= 4 is 21.2 Å². The Labute approximate surface area is 105 Å². The molecule has 1 aromatic rings. The Morgan fingerprint density at radius 3 is 2.88 bits per heavy atom. The van der Waals surface area contributed by atoms with Crippen LogP contribution in [0, 0.1) is 0 Å². The molecule has 2 rings (SSSR count). The van der Waals surface area contributed by atoms with Gasteiger partial charge in [0, 0.05) is 6.42 Å². The Hall–Kier alpha value is -0.530. The molecule has 0 saturated carbocycles. The van der Waals surface area contributed by atoms with Crippen molar-refractivity contribution < 1.29 is 8.42 Å². The van der Waals surface area contributed by atoms with E-state index in [0.29, 0.717) is 18.0 Å². The van der Waals surface area contributed by atoms with E-state index in [4.69, 9.17) is 5.73 Å². The second-order valence-electron chi connectivity index (χ2n) is 4.28. The highest BCUT2D eigenvalue weighted by Gasteiger charge is 2.32. The number of nitrogens with two attached hydrogens (primary N) is 1. The van der Waals surface area contributed by atoms with E-state index < -0.39 is 15.1 Å². The van der Waals surface area contributed by atoms with Gasteiger partial charge in [-0.25, -0.2) is 8.42 Å². The van der Waals surface area contributed by atoms with Crippen LogP contribution in [0.25, 0.3) is 0 Å². The molecular weight excluding hydrogens is 258 g/mol. The zero-order valence-corrected chi connectivity index (χ0v) is 11.3. The SMILES string of the molecule is NCCCc1nnc(C2CCCCS2(=O)=O)s1. The number of nitrogens with zero attached hydrogens (tertiary/aromatic N) is 2. The summed E-state index contributed by atoms with van der Waals surface area (Å²) in [4.78, 5) is 0. The summed E-state index contributed by atoms with van der Waals surface area (Å²) in [7, 11) is -3.00. The summed E-state index contributed by atoms with van der Waals surface area (Å²) in [6.07, 6.45) is 4.08. The Bertz CT molecular complexity index is 470. The molecule has 2 N–H and O–H groups in total. The van der Waals surface area contributed by atoms with Crippen LogP contribution in [0.1, 0.15) is 40.9 Å². The number of aromatic nitrogens is 2. The van der Waals surface area contributed by atoms with Crippen LogP contribution in [0.4, 0.5) is 0 Å². The van der Waals surface area contributed by atoms with Gasteiger partial charge in [0.2, 0.25) is 0 Å². The first-order chi connectivity index (χ1) is 8.13. The second-order valence-corrected chi connectivity index (χ2v) is 7.67. The molecule has 1 aliphatic heterocycles. The molecule has 7 heteroatoms. The van der Waals surface area contributed by atoms with Crippen molar-refractivity contribution in [1.82, 2.24) is 10.2 Å². The summed E-state index contributed by atoms with van der Waals surface area (Å²) in [5.74, 6) is 0.287. The van der Waals surface area contributed by atoms with E-state index in [1.54, 1.807) is 0 Å². The third-order valence-electron chi connectivity index (χ3n) is 2.93. The fraction of sp³-hybridized carbons (Fsp3) is 0.800. The van der Waals surface area contributed by atoms with E-state index in [2.05, 4.69) is 10.2 Å². The third-order valence-corrected chi connectivity index (χ3v) is 6.36. The number of sulfone groups is 1. The predicted octanol–water partition coefficient (Wildman–Crippen LogP) is 1.07. The van der Waals surface area contributed by atoms with Crippen LogP contribution >= 0.6 is 11.3 Å². The number of aryl methyl sites for hydroxylation is 1. The topological polar surface area (TPSA) is 85.9 Å². The maximum absolute atomic E-state index is 11.9. The number of hydrogen-bond acceptors (Lipinski definition) is 6. The molecule has 96 valence electrons. The summed E-state index contributed by atoms with van der Waals surface area (Å²) in [5, 5.41) is 9.22. The summed E-state index contributed by atoms with van der Waals surface area (Å²) < 4.78 is 23.8. The van der Waals surface area contributed by atoms with E-state index in [1.807, 2.05) is 0 Å². The van der Waals surface area contributed by atoms with Crippen LogP contribution in [0.15, 0.2) is 0 Å². The summed E-state index contributed by atoms with van der Waals surface area (Å²) in [6, 6.07) is 0. The van der Waals surface area contributed by atoms with Crippen molar-refractivity contribution in [3.8, 4) is 0 Å². The molecule has 1 unspecified atom stereocenters. The molecule has 0 aliphatic carbocycles. The van der Waals surface area contributed by atoms with Crippen molar-refractivity contribution in [3.63, 3.8) is 0 Å². The van der Waals surface area contributed by atoms with Crippen LogP contribution in [-0.4, -0.2) is 30.9 Å². The molecular formula is C10H17N3O2S2. The van der Waals surface area contributed by atoms with Gasteiger partial charge in [-0.2, -0.15) is 0 Å². The van der Waals surface area contributed by atoms with Gasteiger partial charge in [-0.15, -0.1) is 21.5 Å². The molecule has 0 amide bonds. The monoisotopic (exact) mass is 275 g/mol. The zero-order chi connectivity index (χ0) is 12.3. The maximum atomic E-state index is 11.9. The van der Waals surface area contributed by atoms with Crippen LogP contribution < -0.4 is 5.73 Å². The van der Waals surface area contributed by atoms with E-state index in [9.17, 15) is 8.42 Å². The van der Waals surface area contributed by atoms with Crippen molar-refractivity contribution in [3.05, 3.63) is 10.0 Å². The molecule has 17 heavy (non-hydrogen) atoms. The van der Waals surface area contributed by atoms with Crippen LogP contribution in [0.2, 0.25) is 0 Å². The molecule has 2 heterocycles. The molecule has 1 atom stereocenters. The van der Waals surface area contributed by atoms with Gasteiger partial charge in [-0.1, -0.05) is 6.42 Å². The molecule has 5 nitrogen and oxygen atoms in total. The average molecular weight is 275 g/mol. The number of hydrogen-bond donors (Lipinski definition) is 1. The molecule has 0 spiro atoms. The molecule has 0 bridgehead atoms. The molecule has 1 saturated heterocycles. The van der Waals surface area contributed by atoms with Gasteiger partial charge in [-0.3, -0.25) is 0 Å². The van der Waals surface area contributed by atoms with Gasteiger partial charge in [0.05, 0.1) is 5.75 Å². The minimum Gasteiger partial charge on any atom is -0.330 e. The number of rotatable bonds is 4. The Balaban J connectivity index is 2.13. The normalized spacial score (nSPS) is 23.7. The highest BCUT2D eigenvalue weighted by Crippen LogP contribution is 2.34. The minimum absolute atomic E-state index is 0.287. The summed E-state index contributed by atoms with van der Waals surface area (Å²) in [6.45, 7) is 0.622. The highest BCUT2D eigenvalue weighted by molar-refractivity contribution is 7.91. The quantitative estimate of drug-likeness (QED) is 0.888. The Morgan fingerprint density at radius 2 is 2.18 bits per heavy atom. The van der Waals surface area contributed by atoms with Crippen LogP contribution in [-0.2, 0) is 16.3 Å². The fourth-order valence-electron chi connectivity index (χ4n) is 1.98. The fourth-order valence-corrected chi connectivity index (χ4v) is 5.24. The first-order valence-electron chi connectivity index (χ1n) is 5.87. The Kier molecular flexibility index (Phi) is 4.11. The van der Waals surface area contributed by atoms with Gasteiger partial charge in [0.15, 0.2) is 9.84 Å². The zero-order valence-electron chi connectivity index (χ0n) is 9.63. The molecule has 0 aromatic carbocycles. The van der Waals surface area contributed by atoms with Crippen molar-refractivity contribution in [1.29, 1.82) is 0 Å².